The SMILES string of the molecule is Cc1cccc2[nH]c(C(=O)C=Cc3ccc(C(=O)Nc4ccc(Cl)cc4)cc3)nc12. The van der Waals surface area contributed by atoms with Gasteiger partial charge in [-0.05, 0) is 66.6 Å². The van der Waals surface area contributed by atoms with Crippen molar-refractivity contribution in [1.82, 2.24) is 9.97 Å². The molecule has 0 saturated carbocycles. The van der Waals surface area contributed by atoms with Crippen LogP contribution in [0.25, 0.3) is 17.1 Å². The van der Waals surface area contributed by atoms with E-state index in [2.05, 4.69) is 15.3 Å². The number of amides is 1. The lowest BCUT2D eigenvalue weighted by Crippen LogP contribution is -2.11. The summed E-state index contributed by atoms with van der Waals surface area (Å²) in [6.07, 6.45) is 3.17. The number of ketones is 1. The largest absolute Gasteiger partial charge is 0.335 e. The molecule has 0 spiro atoms. The van der Waals surface area contributed by atoms with Gasteiger partial charge in [-0.15, -0.1) is 0 Å². The summed E-state index contributed by atoms with van der Waals surface area (Å²) >= 11 is 5.85. The van der Waals surface area contributed by atoms with Crippen molar-refractivity contribution >= 4 is 46.1 Å². The number of allylic oxidation sites excluding steroid dienone is 1. The number of hydrogen-bond donors (Lipinski definition) is 2. The Labute approximate surface area is 178 Å². The van der Waals surface area contributed by atoms with E-state index in [0.29, 0.717) is 22.1 Å². The maximum Gasteiger partial charge on any atom is 0.255 e. The second kappa shape index (κ2) is 8.35. The van der Waals surface area contributed by atoms with Crippen molar-refractivity contribution in [2.45, 2.75) is 6.92 Å². The molecule has 5 nitrogen and oxygen atoms in total. The fourth-order valence-electron chi connectivity index (χ4n) is 3.03. The third kappa shape index (κ3) is 4.31. The van der Waals surface area contributed by atoms with Crippen LogP contribution in [0, 0.1) is 6.92 Å². The van der Waals surface area contributed by atoms with Crippen LogP contribution >= 0.6 is 11.6 Å². The molecule has 0 aliphatic heterocycles. The fraction of sp³-hybridized carbons (Fsp3) is 0.0417. The number of hydrogen-bond acceptors (Lipinski definition) is 3. The normalized spacial score (nSPS) is 11.1. The Morgan fingerprint density at radius 3 is 2.43 bits per heavy atom. The molecule has 1 amide bonds. The van der Waals surface area contributed by atoms with Gasteiger partial charge in [-0.2, -0.15) is 0 Å². The van der Waals surface area contributed by atoms with E-state index < -0.39 is 0 Å². The molecule has 0 atom stereocenters. The van der Waals surface area contributed by atoms with Crippen LogP contribution in [0.3, 0.4) is 0 Å². The van der Waals surface area contributed by atoms with Gasteiger partial charge >= 0.3 is 0 Å². The number of imidazole rings is 1. The number of nitrogens with zero attached hydrogens (tertiary/aromatic N) is 1. The first-order chi connectivity index (χ1) is 14.5. The second-order valence-electron chi connectivity index (χ2n) is 6.84. The van der Waals surface area contributed by atoms with E-state index in [-0.39, 0.29) is 11.7 Å². The van der Waals surface area contributed by atoms with Gasteiger partial charge in [0, 0.05) is 16.3 Å². The number of aromatic amines is 1. The van der Waals surface area contributed by atoms with E-state index in [1.807, 2.05) is 25.1 Å². The Morgan fingerprint density at radius 1 is 1.00 bits per heavy atom. The van der Waals surface area contributed by atoms with Crippen molar-refractivity contribution in [3.8, 4) is 0 Å². The highest BCUT2D eigenvalue weighted by Crippen LogP contribution is 2.17. The predicted octanol–water partition coefficient (Wildman–Crippen LogP) is 5.67. The Hall–Kier alpha value is -3.70. The van der Waals surface area contributed by atoms with Gasteiger partial charge in [0.05, 0.1) is 11.0 Å². The summed E-state index contributed by atoms with van der Waals surface area (Å²) in [6.45, 7) is 1.96. The minimum Gasteiger partial charge on any atom is -0.335 e. The van der Waals surface area contributed by atoms with Crippen LogP contribution < -0.4 is 5.32 Å². The number of carbonyl (C=O) groups is 2. The van der Waals surface area contributed by atoms with E-state index in [4.69, 9.17) is 11.6 Å². The van der Waals surface area contributed by atoms with Gasteiger partial charge in [-0.25, -0.2) is 4.98 Å². The lowest BCUT2D eigenvalue weighted by atomic mass is 10.1. The number of rotatable bonds is 5. The number of aryl methyl sites for hydroxylation is 1. The summed E-state index contributed by atoms with van der Waals surface area (Å²) in [4.78, 5) is 32.2. The second-order valence-corrected chi connectivity index (χ2v) is 7.27. The van der Waals surface area contributed by atoms with Crippen LogP contribution in [0.2, 0.25) is 5.02 Å². The monoisotopic (exact) mass is 415 g/mol. The predicted molar refractivity (Wildman–Crippen MR) is 120 cm³/mol. The van der Waals surface area contributed by atoms with Crippen molar-refractivity contribution in [1.29, 1.82) is 0 Å². The highest BCUT2D eigenvalue weighted by Gasteiger charge is 2.10. The van der Waals surface area contributed by atoms with Crippen LogP contribution in [0.4, 0.5) is 5.69 Å². The summed E-state index contributed by atoms with van der Waals surface area (Å²) in [7, 11) is 0. The molecule has 0 unspecified atom stereocenters. The van der Waals surface area contributed by atoms with Gasteiger partial charge < -0.3 is 10.3 Å². The van der Waals surface area contributed by atoms with Gasteiger partial charge in [0.15, 0.2) is 5.82 Å². The number of para-hydroxylation sites is 1. The Bertz CT molecular complexity index is 1260. The van der Waals surface area contributed by atoms with E-state index in [0.717, 1.165) is 22.2 Å². The van der Waals surface area contributed by atoms with Gasteiger partial charge in [-0.3, -0.25) is 9.59 Å². The number of H-pyrrole nitrogens is 1. The highest BCUT2D eigenvalue weighted by molar-refractivity contribution is 6.30. The van der Waals surface area contributed by atoms with Crippen LogP contribution in [0.1, 0.15) is 32.1 Å². The van der Waals surface area contributed by atoms with Crippen LogP contribution in [0.5, 0.6) is 0 Å². The summed E-state index contributed by atoms with van der Waals surface area (Å²) < 4.78 is 0. The molecule has 0 fully saturated rings. The number of nitrogens with one attached hydrogen (secondary N) is 2. The molecule has 4 aromatic rings. The van der Waals surface area contributed by atoms with Crippen molar-refractivity contribution in [3.63, 3.8) is 0 Å². The Morgan fingerprint density at radius 2 is 1.73 bits per heavy atom. The molecule has 2 N–H and O–H groups in total. The van der Waals surface area contributed by atoms with Crippen LogP contribution in [0.15, 0.2) is 72.8 Å². The zero-order valence-electron chi connectivity index (χ0n) is 16.1. The van der Waals surface area contributed by atoms with E-state index >= 15 is 0 Å². The zero-order valence-corrected chi connectivity index (χ0v) is 16.9. The first-order valence-corrected chi connectivity index (χ1v) is 9.72. The maximum absolute atomic E-state index is 12.4. The van der Waals surface area contributed by atoms with Crippen molar-refractivity contribution in [2.24, 2.45) is 0 Å². The Kier molecular flexibility index (Phi) is 5.46. The zero-order chi connectivity index (χ0) is 21.1. The van der Waals surface area contributed by atoms with Crippen LogP contribution in [-0.2, 0) is 0 Å². The molecule has 0 aliphatic rings. The van der Waals surface area contributed by atoms with E-state index in [1.54, 1.807) is 54.6 Å². The summed E-state index contributed by atoms with van der Waals surface area (Å²) in [5.74, 6) is -0.133. The first-order valence-electron chi connectivity index (χ1n) is 9.34. The number of carbonyl (C=O) groups excluding carboxylic acids is 2. The molecule has 1 aromatic heterocycles. The van der Waals surface area contributed by atoms with Gasteiger partial charge in [-0.1, -0.05) is 41.9 Å². The van der Waals surface area contributed by atoms with Gasteiger partial charge in [0.2, 0.25) is 5.78 Å². The van der Waals surface area contributed by atoms with Crippen molar-refractivity contribution in [2.75, 3.05) is 5.32 Å². The standard InChI is InChI=1S/C24H18ClN3O2/c1-15-3-2-4-20-22(15)28-23(27-20)21(29)14-7-16-5-8-17(9-6-16)24(30)26-19-12-10-18(25)11-13-19/h2-14H,1H3,(H,26,30)(H,27,28). The lowest BCUT2D eigenvalue weighted by Gasteiger charge is -2.05. The minimum atomic E-state index is -0.221. The average molecular weight is 416 g/mol. The highest BCUT2D eigenvalue weighted by atomic mass is 35.5. The number of halogens is 1. The topological polar surface area (TPSA) is 74.8 Å². The molecule has 0 aliphatic carbocycles. The molecule has 6 heteroatoms. The third-order valence-electron chi connectivity index (χ3n) is 4.65. The number of aromatic nitrogens is 2. The quantitative estimate of drug-likeness (QED) is 0.325. The third-order valence-corrected chi connectivity index (χ3v) is 4.90. The average Bonchev–Trinajstić information content (AvgIpc) is 3.20. The molecule has 0 bridgehead atoms. The summed E-state index contributed by atoms with van der Waals surface area (Å²) in [5.41, 5.74) is 4.63. The van der Waals surface area contributed by atoms with Crippen molar-refractivity contribution < 1.29 is 9.59 Å². The minimum absolute atomic E-state index is 0.213. The fourth-order valence-corrected chi connectivity index (χ4v) is 3.15. The van der Waals surface area contributed by atoms with E-state index in [9.17, 15) is 9.59 Å². The molecular weight excluding hydrogens is 398 g/mol. The number of fused-ring (bicyclic) bond motifs is 1. The Balaban J connectivity index is 1.43. The molecule has 148 valence electrons. The number of anilines is 1. The molecular formula is C24H18ClN3O2. The van der Waals surface area contributed by atoms with Crippen LogP contribution in [-0.4, -0.2) is 21.7 Å². The summed E-state index contributed by atoms with van der Waals surface area (Å²) in [6, 6.07) is 19.7. The van der Waals surface area contributed by atoms with Crippen molar-refractivity contribution in [3.05, 3.63) is 100 Å². The van der Waals surface area contributed by atoms with Gasteiger partial charge in [0.1, 0.15) is 0 Å². The molecule has 1 heterocycles. The molecule has 30 heavy (non-hydrogen) atoms. The molecule has 3 aromatic carbocycles. The maximum atomic E-state index is 12.4. The first kappa shape index (κ1) is 19.6. The van der Waals surface area contributed by atoms with E-state index in [1.165, 1.54) is 6.08 Å². The smallest absolute Gasteiger partial charge is 0.255 e. The van der Waals surface area contributed by atoms with Gasteiger partial charge in [0.25, 0.3) is 5.91 Å². The molecule has 0 radical (unpaired) electrons. The molecule has 4 rings (SSSR count). The number of benzene rings is 3. The molecule has 0 saturated heterocycles. The lowest BCUT2D eigenvalue weighted by molar-refractivity contribution is 0.102. The summed E-state index contributed by atoms with van der Waals surface area (Å²) in [5, 5.41) is 3.42.